The standard InChI is InChI=1S/C18H15F3N2O3/c1-11-6-5-9-13(15(11)24)16(25)23-17(26,18(19,20)21)10-14(22-23)12-7-3-2-4-8-12/h2-9,24,26H,10H2,1H3/t17-/m0/s1. The van der Waals surface area contributed by atoms with E-state index in [4.69, 9.17) is 0 Å². The van der Waals surface area contributed by atoms with Crippen LogP contribution in [0, 0.1) is 6.92 Å². The molecule has 3 rings (SSSR count). The van der Waals surface area contributed by atoms with E-state index in [1.165, 1.54) is 37.3 Å². The largest absolute Gasteiger partial charge is 0.507 e. The van der Waals surface area contributed by atoms with Gasteiger partial charge in [-0.1, -0.05) is 42.5 Å². The number of hydrogen-bond donors (Lipinski definition) is 2. The highest BCUT2D eigenvalue weighted by atomic mass is 19.4. The second-order valence-corrected chi connectivity index (χ2v) is 5.99. The van der Waals surface area contributed by atoms with Crippen molar-refractivity contribution in [1.29, 1.82) is 0 Å². The van der Waals surface area contributed by atoms with Crippen LogP contribution in [0.3, 0.4) is 0 Å². The minimum atomic E-state index is -5.14. The molecule has 1 aliphatic heterocycles. The molecule has 0 bridgehead atoms. The van der Waals surface area contributed by atoms with E-state index < -0.39 is 30.0 Å². The van der Waals surface area contributed by atoms with Crippen molar-refractivity contribution in [3.63, 3.8) is 0 Å². The quantitative estimate of drug-likeness (QED) is 0.860. The first kappa shape index (κ1) is 17.9. The maximum absolute atomic E-state index is 13.6. The van der Waals surface area contributed by atoms with Crippen molar-refractivity contribution in [2.45, 2.75) is 25.2 Å². The first-order chi connectivity index (χ1) is 12.1. The van der Waals surface area contributed by atoms with Crippen LogP contribution in [0.2, 0.25) is 0 Å². The van der Waals surface area contributed by atoms with Gasteiger partial charge in [-0.2, -0.15) is 23.3 Å². The van der Waals surface area contributed by atoms with Crippen LogP contribution in [-0.4, -0.2) is 38.7 Å². The van der Waals surface area contributed by atoms with Crippen molar-refractivity contribution in [3.05, 3.63) is 65.2 Å². The fraction of sp³-hybridized carbons (Fsp3) is 0.222. The number of amides is 1. The van der Waals surface area contributed by atoms with Crippen LogP contribution in [0.4, 0.5) is 13.2 Å². The summed E-state index contributed by atoms with van der Waals surface area (Å²) in [5.74, 6) is -1.69. The SMILES string of the molecule is Cc1cccc(C(=O)N2N=C(c3ccccc3)C[C@]2(O)C(F)(F)F)c1O. The zero-order valence-corrected chi connectivity index (χ0v) is 13.7. The Balaban J connectivity index is 2.09. The third-order valence-electron chi connectivity index (χ3n) is 4.21. The first-order valence-electron chi connectivity index (χ1n) is 7.70. The lowest BCUT2D eigenvalue weighted by Gasteiger charge is -2.32. The van der Waals surface area contributed by atoms with Gasteiger partial charge < -0.3 is 10.2 Å². The number of carbonyl (C=O) groups is 1. The summed E-state index contributed by atoms with van der Waals surface area (Å²) in [5.41, 5.74) is -3.26. The summed E-state index contributed by atoms with van der Waals surface area (Å²) in [4.78, 5) is 12.7. The first-order valence-corrected chi connectivity index (χ1v) is 7.70. The van der Waals surface area contributed by atoms with Crippen LogP contribution >= 0.6 is 0 Å². The van der Waals surface area contributed by atoms with Gasteiger partial charge in [0.1, 0.15) is 5.75 Å². The number of aromatic hydroxyl groups is 1. The molecule has 2 aromatic rings. The summed E-state index contributed by atoms with van der Waals surface area (Å²) in [6.07, 6.45) is -6.04. The number of rotatable bonds is 2. The fourth-order valence-corrected chi connectivity index (χ4v) is 2.72. The lowest BCUT2D eigenvalue weighted by Crippen LogP contribution is -2.56. The molecule has 0 fully saturated rings. The Labute approximate surface area is 147 Å². The number of phenols is 1. The maximum atomic E-state index is 13.6. The highest BCUT2D eigenvalue weighted by Gasteiger charge is 2.63. The number of hydrazone groups is 1. The summed E-state index contributed by atoms with van der Waals surface area (Å²) in [7, 11) is 0. The molecular formula is C18H15F3N2O3. The summed E-state index contributed by atoms with van der Waals surface area (Å²) in [5, 5.41) is 24.1. The summed E-state index contributed by atoms with van der Waals surface area (Å²) in [6, 6.07) is 12.1. The molecule has 8 heteroatoms. The molecule has 0 radical (unpaired) electrons. The Bertz CT molecular complexity index is 881. The number of alkyl halides is 3. The molecule has 0 saturated heterocycles. The van der Waals surface area contributed by atoms with Crippen LogP contribution in [0.5, 0.6) is 5.75 Å². The Morgan fingerprint density at radius 3 is 2.42 bits per heavy atom. The number of nitrogens with zero attached hydrogens (tertiary/aromatic N) is 2. The molecule has 1 amide bonds. The molecule has 0 spiro atoms. The van der Waals surface area contributed by atoms with E-state index in [1.54, 1.807) is 18.2 Å². The molecule has 1 heterocycles. The highest BCUT2D eigenvalue weighted by Crippen LogP contribution is 2.42. The van der Waals surface area contributed by atoms with Crippen LogP contribution in [0.1, 0.15) is 27.9 Å². The molecule has 0 unspecified atom stereocenters. The Morgan fingerprint density at radius 2 is 1.81 bits per heavy atom. The second kappa shape index (κ2) is 6.14. The van der Waals surface area contributed by atoms with Crippen LogP contribution in [0.15, 0.2) is 53.6 Å². The topological polar surface area (TPSA) is 73.1 Å². The molecule has 136 valence electrons. The number of halogens is 3. The highest BCUT2D eigenvalue weighted by molar-refractivity contribution is 6.06. The average Bonchev–Trinajstić information content (AvgIpc) is 2.96. The summed E-state index contributed by atoms with van der Waals surface area (Å²) in [6.45, 7) is 1.50. The number of phenolic OH excluding ortho intramolecular Hbond substituents is 1. The van der Waals surface area contributed by atoms with Crippen molar-refractivity contribution in [3.8, 4) is 5.75 Å². The van der Waals surface area contributed by atoms with Gasteiger partial charge in [0.25, 0.3) is 11.6 Å². The smallest absolute Gasteiger partial charge is 0.438 e. The zero-order chi connectivity index (χ0) is 19.1. The van der Waals surface area contributed by atoms with Gasteiger partial charge in [0.2, 0.25) is 0 Å². The van der Waals surface area contributed by atoms with Crippen molar-refractivity contribution < 1.29 is 28.2 Å². The van der Waals surface area contributed by atoms with E-state index >= 15 is 0 Å². The predicted molar refractivity (Wildman–Crippen MR) is 87.6 cm³/mol. The molecule has 1 atom stereocenters. The Morgan fingerprint density at radius 1 is 1.15 bits per heavy atom. The van der Waals surface area contributed by atoms with Crippen molar-refractivity contribution >= 4 is 11.6 Å². The predicted octanol–water partition coefficient (Wildman–Crippen LogP) is 3.20. The van der Waals surface area contributed by atoms with Gasteiger partial charge in [0, 0.05) is 0 Å². The van der Waals surface area contributed by atoms with Gasteiger partial charge in [-0.3, -0.25) is 4.79 Å². The van der Waals surface area contributed by atoms with Gasteiger partial charge in [-0.15, -0.1) is 0 Å². The van der Waals surface area contributed by atoms with E-state index in [-0.39, 0.29) is 16.3 Å². The second-order valence-electron chi connectivity index (χ2n) is 5.99. The van der Waals surface area contributed by atoms with Gasteiger partial charge in [-0.05, 0) is 24.1 Å². The van der Waals surface area contributed by atoms with Gasteiger partial charge in [-0.25, -0.2) is 0 Å². The molecule has 1 aliphatic rings. The Hall–Kier alpha value is -2.87. The number of aryl methyl sites for hydroxylation is 1. The maximum Gasteiger partial charge on any atom is 0.438 e. The van der Waals surface area contributed by atoms with E-state index in [2.05, 4.69) is 5.10 Å². The Kier molecular flexibility index (Phi) is 4.23. The van der Waals surface area contributed by atoms with Crippen LogP contribution in [-0.2, 0) is 0 Å². The molecular weight excluding hydrogens is 349 g/mol. The van der Waals surface area contributed by atoms with Crippen LogP contribution < -0.4 is 0 Å². The number of benzene rings is 2. The van der Waals surface area contributed by atoms with Crippen LogP contribution in [0.25, 0.3) is 0 Å². The lowest BCUT2D eigenvalue weighted by atomic mass is 10.0. The minimum Gasteiger partial charge on any atom is -0.507 e. The third kappa shape index (κ3) is 2.82. The minimum absolute atomic E-state index is 0.00380. The number of aliphatic hydroxyl groups is 1. The normalized spacial score (nSPS) is 20.2. The van der Waals surface area contributed by atoms with Gasteiger partial charge in [0.05, 0.1) is 17.7 Å². The number of para-hydroxylation sites is 1. The van der Waals surface area contributed by atoms with E-state index in [0.717, 1.165) is 0 Å². The van der Waals surface area contributed by atoms with E-state index in [9.17, 15) is 28.2 Å². The van der Waals surface area contributed by atoms with E-state index in [1.807, 2.05) is 0 Å². The van der Waals surface area contributed by atoms with Gasteiger partial charge >= 0.3 is 6.18 Å². The van der Waals surface area contributed by atoms with Crippen molar-refractivity contribution in [2.24, 2.45) is 5.10 Å². The molecule has 5 nitrogen and oxygen atoms in total. The third-order valence-corrected chi connectivity index (χ3v) is 4.21. The van der Waals surface area contributed by atoms with Crippen molar-refractivity contribution in [1.82, 2.24) is 5.01 Å². The number of carbonyl (C=O) groups excluding carboxylic acids is 1. The fourth-order valence-electron chi connectivity index (χ4n) is 2.72. The lowest BCUT2D eigenvalue weighted by molar-refractivity contribution is -0.297. The van der Waals surface area contributed by atoms with E-state index in [0.29, 0.717) is 11.1 Å². The molecule has 0 aliphatic carbocycles. The molecule has 0 aromatic heterocycles. The molecule has 2 N–H and O–H groups in total. The summed E-state index contributed by atoms with van der Waals surface area (Å²) < 4.78 is 40.7. The average molecular weight is 364 g/mol. The zero-order valence-electron chi connectivity index (χ0n) is 13.7. The van der Waals surface area contributed by atoms with Crippen molar-refractivity contribution in [2.75, 3.05) is 0 Å². The molecule has 2 aromatic carbocycles. The van der Waals surface area contributed by atoms with Gasteiger partial charge in [0.15, 0.2) is 0 Å². The molecule has 0 saturated carbocycles. The monoisotopic (exact) mass is 364 g/mol. The number of hydrogen-bond acceptors (Lipinski definition) is 4. The molecule has 26 heavy (non-hydrogen) atoms. The summed E-state index contributed by atoms with van der Waals surface area (Å²) >= 11 is 0.